The van der Waals surface area contributed by atoms with Gasteiger partial charge in [-0.15, -0.1) is 0 Å². The van der Waals surface area contributed by atoms with Gasteiger partial charge in [-0.25, -0.2) is 4.68 Å². The Kier molecular flexibility index (Phi) is 3.86. The average Bonchev–Trinajstić information content (AvgIpc) is 3.03. The molecular formula is C17H21N5O2. The highest BCUT2D eigenvalue weighted by Gasteiger charge is 2.26. The molecule has 2 aliphatic heterocycles. The summed E-state index contributed by atoms with van der Waals surface area (Å²) in [6, 6.07) is 8.51. The molecule has 0 saturated heterocycles. The van der Waals surface area contributed by atoms with Crippen molar-refractivity contribution < 1.29 is 9.53 Å². The molecule has 4 N–H and O–H groups in total. The molecule has 0 radical (unpaired) electrons. The van der Waals surface area contributed by atoms with Crippen molar-refractivity contribution in [3.63, 3.8) is 0 Å². The summed E-state index contributed by atoms with van der Waals surface area (Å²) in [5.74, 6) is 1.66. The molecule has 4 rings (SSSR count). The van der Waals surface area contributed by atoms with E-state index in [1.54, 1.807) is 0 Å². The van der Waals surface area contributed by atoms with Gasteiger partial charge in [0, 0.05) is 43.6 Å². The number of amides is 1. The van der Waals surface area contributed by atoms with E-state index in [2.05, 4.69) is 21.8 Å². The van der Waals surface area contributed by atoms with Gasteiger partial charge in [-0.05, 0) is 6.07 Å². The molecule has 0 unspecified atom stereocenters. The van der Waals surface area contributed by atoms with Crippen LogP contribution in [0.2, 0.25) is 0 Å². The van der Waals surface area contributed by atoms with Crippen LogP contribution in [0.15, 0.2) is 30.5 Å². The number of anilines is 1. The van der Waals surface area contributed by atoms with Crippen molar-refractivity contribution in [3.05, 3.63) is 41.6 Å². The predicted molar refractivity (Wildman–Crippen MR) is 90.0 cm³/mol. The van der Waals surface area contributed by atoms with Crippen LogP contribution < -0.4 is 21.1 Å². The fraction of sp³-hybridized carbons (Fsp3) is 0.412. The Bertz CT molecular complexity index is 757. The zero-order chi connectivity index (χ0) is 16.5. The first-order valence-corrected chi connectivity index (χ1v) is 8.27. The van der Waals surface area contributed by atoms with Gasteiger partial charge >= 0.3 is 0 Å². The quantitative estimate of drug-likeness (QED) is 0.783. The SMILES string of the molecule is NC(=O)c1cnn2c1NC[C@@H](CN[C@@H]1CCOc3ccccc31)C2. The van der Waals surface area contributed by atoms with E-state index >= 15 is 0 Å². The van der Waals surface area contributed by atoms with Gasteiger partial charge in [-0.2, -0.15) is 5.10 Å². The second-order valence-electron chi connectivity index (χ2n) is 6.34. The molecule has 1 aromatic carbocycles. The Morgan fingerprint density at radius 2 is 2.33 bits per heavy atom. The van der Waals surface area contributed by atoms with Gasteiger partial charge in [-0.3, -0.25) is 4.79 Å². The van der Waals surface area contributed by atoms with Crippen LogP contribution in [0.3, 0.4) is 0 Å². The van der Waals surface area contributed by atoms with Gasteiger partial charge in [0.05, 0.1) is 12.8 Å². The summed E-state index contributed by atoms with van der Waals surface area (Å²) in [6.45, 7) is 3.18. The van der Waals surface area contributed by atoms with E-state index < -0.39 is 5.91 Å². The van der Waals surface area contributed by atoms with Crippen molar-refractivity contribution in [2.75, 3.05) is 25.0 Å². The van der Waals surface area contributed by atoms with E-state index in [9.17, 15) is 4.79 Å². The highest BCUT2D eigenvalue weighted by Crippen LogP contribution is 2.31. The Morgan fingerprint density at radius 1 is 1.46 bits per heavy atom. The third kappa shape index (κ3) is 2.71. The minimum Gasteiger partial charge on any atom is -0.493 e. The largest absolute Gasteiger partial charge is 0.493 e. The van der Waals surface area contributed by atoms with E-state index in [4.69, 9.17) is 10.5 Å². The summed E-state index contributed by atoms with van der Waals surface area (Å²) in [5.41, 5.74) is 7.05. The van der Waals surface area contributed by atoms with Crippen LogP contribution in [0.5, 0.6) is 5.75 Å². The highest BCUT2D eigenvalue weighted by atomic mass is 16.5. The molecule has 24 heavy (non-hydrogen) atoms. The standard InChI is InChI=1S/C17H21N5O2/c18-16(23)13-9-21-22-10-11(8-20-17(13)22)7-19-14-5-6-24-15-4-2-1-3-12(14)15/h1-4,9,11,14,19-20H,5-8,10H2,(H2,18,23)/t11-,14-/m1/s1. The molecule has 2 aromatic rings. The maximum Gasteiger partial charge on any atom is 0.254 e. The predicted octanol–water partition coefficient (Wildman–Crippen LogP) is 1.14. The van der Waals surface area contributed by atoms with Crippen molar-refractivity contribution in [3.8, 4) is 5.75 Å². The van der Waals surface area contributed by atoms with Crippen LogP contribution in [0, 0.1) is 5.92 Å². The lowest BCUT2D eigenvalue weighted by Gasteiger charge is -2.30. The van der Waals surface area contributed by atoms with Crippen LogP contribution in [0.25, 0.3) is 0 Å². The van der Waals surface area contributed by atoms with Crippen LogP contribution >= 0.6 is 0 Å². The van der Waals surface area contributed by atoms with Crippen molar-refractivity contribution in [2.45, 2.75) is 19.0 Å². The minimum absolute atomic E-state index is 0.315. The molecule has 2 atom stereocenters. The number of hydrogen-bond acceptors (Lipinski definition) is 5. The lowest BCUT2D eigenvalue weighted by Crippen LogP contribution is -2.38. The second-order valence-corrected chi connectivity index (χ2v) is 6.34. The van der Waals surface area contributed by atoms with E-state index in [-0.39, 0.29) is 0 Å². The third-order valence-electron chi connectivity index (χ3n) is 4.71. The van der Waals surface area contributed by atoms with Crippen molar-refractivity contribution >= 4 is 11.7 Å². The molecule has 0 bridgehead atoms. The number of ether oxygens (including phenoxy) is 1. The number of fused-ring (bicyclic) bond motifs is 2. The zero-order valence-electron chi connectivity index (χ0n) is 13.4. The molecular weight excluding hydrogens is 306 g/mol. The summed E-state index contributed by atoms with van der Waals surface area (Å²) >= 11 is 0. The second kappa shape index (κ2) is 6.16. The number of nitrogens with one attached hydrogen (secondary N) is 2. The van der Waals surface area contributed by atoms with Crippen LogP contribution in [-0.2, 0) is 6.54 Å². The van der Waals surface area contributed by atoms with Crippen LogP contribution in [-0.4, -0.2) is 35.4 Å². The molecule has 1 amide bonds. The lowest BCUT2D eigenvalue weighted by molar-refractivity contribution is 0.100. The molecule has 7 nitrogen and oxygen atoms in total. The number of carbonyl (C=O) groups is 1. The first-order chi connectivity index (χ1) is 11.7. The van der Waals surface area contributed by atoms with Crippen molar-refractivity contribution in [1.29, 1.82) is 0 Å². The molecule has 1 aromatic heterocycles. The summed E-state index contributed by atoms with van der Waals surface area (Å²) in [6.07, 6.45) is 2.51. The van der Waals surface area contributed by atoms with Crippen molar-refractivity contribution in [2.24, 2.45) is 11.7 Å². The van der Waals surface area contributed by atoms with Crippen LogP contribution in [0.1, 0.15) is 28.4 Å². The molecule has 0 spiro atoms. The third-order valence-corrected chi connectivity index (χ3v) is 4.71. The first kappa shape index (κ1) is 15.0. The molecule has 7 heteroatoms. The van der Waals surface area contributed by atoms with E-state index in [1.807, 2.05) is 22.9 Å². The Labute approximate surface area is 140 Å². The molecule has 3 heterocycles. The monoisotopic (exact) mass is 327 g/mol. The number of hydrogen-bond donors (Lipinski definition) is 3. The number of nitrogens with two attached hydrogens (primary N) is 1. The number of benzene rings is 1. The summed E-state index contributed by atoms with van der Waals surface area (Å²) in [4.78, 5) is 11.4. The zero-order valence-corrected chi connectivity index (χ0v) is 13.4. The van der Waals surface area contributed by atoms with E-state index in [1.165, 1.54) is 11.8 Å². The first-order valence-electron chi connectivity index (χ1n) is 8.27. The summed E-state index contributed by atoms with van der Waals surface area (Å²) in [5, 5.41) is 11.2. The van der Waals surface area contributed by atoms with E-state index in [0.717, 1.165) is 44.2 Å². The van der Waals surface area contributed by atoms with Gasteiger partial charge in [0.2, 0.25) is 0 Å². The maximum absolute atomic E-state index is 11.4. The van der Waals surface area contributed by atoms with Gasteiger partial charge in [0.15, 0.2) is 0 Å². The van der Waals surface area contributed by atoms with E-state index in [0.29, 0.717) is 17.5 Å². The van der Waals surface area contributed by atoms with Gasteiger partial charge in [-0.1, -0.05) is 18.2 Å². The molecule has 126 valence electrons. The molecule has 0 aliphatic carbocycles. The number of para-hydroxylation sites is 1. The van der Waals surface area contributed by atoms with Crippen molar-refractivity contribution in [1.82, 2.24) is 15.1 Å². The maximum atomic E-state index is 11.4. The number of rotatable bonds is 4. The number of primary amides is 1. The number of carbonyl (C=O) groups excluding carboxylic acids is 1. The molecule has 0 fully saturated rings. The fourth-order valence-electron chi connectivity index (χ4n) is 3.44. The summed E-state index contributed by atoms with van der Waals surface area (Å²) < 4.78 is 7.53. The lowest BCUT2D eigenvalue weighted by atomic mass is 9.99. The Morgan fingerprint density at radius 3 is 3.21 bits per heavy atom. The highest BCUT2D eigenvalue weighted by molar-refractivity contribution is 5.97. The van der Waals surface area contributed by atoms with Crippen LogP contribution in [0.4, 0.5) is 5.82 Å². The molecule has 0 saturated carbocycles. The summed E-state index contributed by atoms with van der Waals surface area (Å²) in [7, 11) is 0. The Balaban J connectivity index is 1.40. The number of aromatic nitrogens is 2. The normalized spacial score (nSPS) is 22.0. The molecule has 2 aliphatic rings. The minimum atomic E-state index is -0.445. The topological polar surface area (TPSA) is 94.2 Å². The fourth-order valence-corrected chi connectivity index (χ4v) is 3.44. The average molecular weight is 327 g/mol. The van der Waals surface area contributed by atoms with Gasteiger partial charge < -0.3 is 21.1 Å². The smallest absolute Gasteiger partial charge is 0.254 e. The van der Waals surface area contributed by atoms with Gasteiger partial charge in [0.25, 0.3) is 5.91 Å². The van der Waals surface area contributed by atoms with Gasteiger partial charge in [0.1, 0.15) is 17.1 Å². The Hall–Kier alpha value is -2.54. The number of nitrogens with zero attached hydrogens (tertiary/aromatic N) is 2.